The van der Waals surface area contributed by atoms with Crippen molar-refractivity contribution in [1.82, 2.24) is 14.9 Å². The molecule has 0 spiro atoms. The van der Waals surface area contributed by atoms with Gasteiger partial charge in [-0.05, 0) is 70.0 Å². The Bertz CT molecular complexity index is 1020. The molecule has 1 aromatic heterocycles. The summed E-state index contributed by atoms with van der Waals surface area (Å²) in [5, 5.41) is 0. The zero-order chi connectivity index (χ0) is 22.3. The monoisotopic (exact) mass is 424 g/mol. The molecule has 3 fully saturated rings. The SMILES string of the molecule is CC(C)C(N)C(=O)N1C(c2nc3ccc(B4OC(C)(C)C(C)(C)O4)cc3[nH]2)CC2CC21. The van der Waals surface area contributed by atoms with Crippen LogP contribution in [0.25, 0.3) is 11.0 Å². The number of nitrogens with two attached hydrogens (primary N) is 1. The molecule has 0 radical (unpaired) electrons. The molecule has 4 atom stereocenters. The second-order valence-electron chi connectivity index (χ2n) is 10.8. The average Bonchev–Trinajstić information content (AvgIpc) is 3.06. The molecular weight excluding hydrogens is 391 g/mol. The van der Waals surface area contributed by atoms with Gasteiger partial charge in [-0.15, -0.1) is 0 Å². The van der Waals surface area contributed by atoms with Crippen molar-refractivity contribution in [2.24, 2.45) is 17.6 Å². The standard InChI is InChI=1S/C23H33BN4O3/c1-12(2)19(25)21(29)28-17-9-13(17)10-18(28)20-26-15-8-7-14(11-16(15)27-20)24-30-22(3,4)23(5,6)31-24/h7-8,11-13,17-19H,9-10,25H2,1-6H3,(H,26,27). The summed E-state index contributed by atoms with van der Waals surface area (Å²) in [4.78, 5) is 23.4. The van der Waals surface area contributed by atoms with E-state index in [9.17, 15) is 4.79 Å². The van der Waals surface area contributed by atoms with E-state index in [2.05, 4.69) is 38.7 Å². The number of carbonyl (C=O) groups excluding carboxylic acids is 1. The van der Waals surface area contributed by atoms with Crippen LogP contribution in [0.1, 0.15) is 66.3 Å². The molecule has 7 nitrogen and oxygen atoms in total. The predicted octanol–water partition coefficient (Wildman–Crippen LogP) is 2.51. The largest absolute Gasteiger partial charge is 0.494 e. The molecule has 8 heteroatoms. The molecule has 1 aliphatic carbocycles. The average molecular weight is 424 g/mol. The van der Waals surface area contributed by atoms with Crippen molar-refractivity contribution in [2.45, 2.75) is 83.7 Å². The summed E-state index contributed by atoms with van der Waals surface area (Å²) < 4.78 is 12.4. The number of rotatable bonds is 4. The van der Waals surface area contributed by atoms with E-state index < -0.39 is 13.2 Å². The third-order valence-corrected chi connectivity index (χ3v) is 7.73. The van der Waals surface area contributed by atoms with Crippen molar-refractivity contribution in [2.75, 3.05) is 0 Å². The first-order chi connectivity index (χ1) is 14.5. The lowest BCUT2D eigenvalue weighted by molar-refractivity contribution is -0.135. The molecule has 3 aliphatic rings. The highest BCUT2D eigenvalue weighted by atomic mass is 16.7. The topological polar surface area (TPSA) is 93.5 Å². The maximum Gasteiger partial charge on any atom is 0.494 e. The fourth-order valence-corrected chi connectivity index (χ4v) is 4.81. The Hall–Kier alpha value is -1.90. The number of nitrogens with one attached hydrogen (secondary N) is 1. The van der Waals surface area contributed by atoms with Crippen molar-refractivity contribution in [3.63, 3.8) is 0 Å². The third-order valence-electron chi connectivity index (χ3n) is 7.73. The predicted molar refractivity (Wildman–Crippen MR) is 121 cm³/mol. The molecule has 5 rings (SSSR count). The van der Waals surface area contributed by atoms with E-state index in [-0.39, 0.29) is 29.1 Å². The highest BCUT2D eigenvalue weighted by Crippen LogP contribution is 2.53. The molecule has 4 unspecified atom stereocenters. The summed E-state index contributed by atoms with van der Waals surface area (Å²) in [6, 6.07) is 5.87. The van der Waals surface area contributed by atoms with E-state index in [0.29, 0.717) is 12.0 Å². The third kappa shape index (κ3) is 3.31. The molecule has 3 N–H and O–H groups in total. The van der Waals surface area contributed by atoms with Crippen LogP contribution in [0.4, 0.5) is 0 Å². The maximum atomic E-state index is 13.1. The first-order valence-corrected chi connectivity index (χ1v) is 11.4. The summed E-state index contributed by atoms with van der Waals surface area (Å²) in [6.45, 7) is 12.2. The Kier molecular flexibility index (Phi) is 4.60. The van der Waals surface area contributed by atoms with Crippen LogP contribution in [0.2, 0.25) is 0 Å². The van der Waals surface area contributed by atoms with Crippen LogP contribution >= 0.6 is 0 Å². The highest BCUT2D eigenvalue weighted by molar-refractivity contribution is 6.62. The number of nitrogens with zero attached hydrogens (tertiary/aromatic N) is 2. The van der Waals surface area contributed by atoms with Crippen LogP contribution in [-0.4, -0.2) is 51.2 Å². The van der Waals surface area contributed by atoms with Gasteiger partial charge in [-0.2, -0.15) is 0 Å². The number of imidazole rings is 1. The number of hydrogen-bond acceptors (Lipinski definition) is 5. The Morgan fingerprint density at radius 3 is 2.55 bits per heavy atom. The summed E-state index contributed by atoms with van der Waals surface area (Å²) in [5.41, 5.74) is 8.24. The van der Waals surface area contributed by atoms with Crippen molar-refractivity contribution in [1.29, 1.82) is 0 Å². The van der Waals surface area contributed by atoms with E-state index >= 15 is 0 Å². The van der Waals surface area contributed by atoms with Crippen LogP contribution in [0.3, 0.4) is 0 Å². The van der Waals surface area contributed by atoms with Gasteiger partial charge in [0, 0.05) is 6.04 Å². The van der Waals surface area contributed by atoms with Gasteiger partial charge in [0.25, 0.3) is 0 Å². The lowest BCUT2D eigenvalue weighted by Crippen LogP contribution is -2.47. The van der Waals surface area contributed by atoms with Crippen LogP contribution in [0.5, 0.6) is 0 Å². The minimum Gasteiger partial charge on any atom is -0.399 e. The van der Waals surface area contributed by atoms with Gasteiger partial charge >= 0.3 is 7.12 Å². The van der Waals surface area contributed by atoms with Crippen LogP contribution < -0.4 is 11.2 Å². The smallest absolute Gasteiger partial charge is 0.399 e. The van der Waals surface area contributed by atoms with E-state index in [4.69, 9.17) is 20.0 Å². The molecule has 31 heavy (non-hydrogen) atoms. The van der Waals surface area contributed by atoms with Gasteiger partial charge in [-0.3, -0.25) is 4.79 Å². The molecule has 1 amide bonds. The van der Waals surface area contributed by atoms with E-state index in [1.807, 2.05) is 30.9 Å². The normalized spacial score (nSPS) is 29.6. The summed E-state index contributed by atoms with van der Waals surface area (Å²) in [6.07, 6.45) is 2.03. The first kappa shape index (κ1) is 21.0. The first-order valence-electron chi connectivity index (χ1n) is 11.4. The molecule has 1 saturated carbocycles. The number of fused-ring (bicyclic) bond motifs is 2. The maximum absolute atomic E-state index is 13.1. The number of benzene rings is 1. The molecule has 0 bridgehead atoms. The second-order valence-corrected chi connectivity index (χ2v) is 10.8. The van der Waals surface area contributed by atoms with Gasteiger partial charge in [0.15, 0.2) is 0 Å². The fraction of sp³-hybridized carbons (Fsp3) is 0.652. The number of amides is 1. The van der Waals surface area contributed by atoms with Crippen molar-refractivity contribution < 1.29 is 14.1 Å². The summed E-state index contributed by atoms with van der Waals surface area (Å²) >= 11 is 0. The van der Waals surface area contributed by atoms with Crippen LogP contribution in [-0.2, 0) is 14.1 Å². The van der Waals surface area contributed by atoms with Gasteiger partial charge in [-0.1, -0.05) is 19.9 Å². The summed E-state index contributed by atoms with van der Waals surface area (Å²) in [5.74, 6) is 1.58. The number of aromatic amines is 1. The quantitative estimate of drug-likeness (QED) is 0.736. The minimum absolute atomic E-state index is 0.0336. The molecule has 166 valence electrons. The van der Waals surface area contributed by atoms with E-state index in [1.165, 1.54) is 0 Å². The Labute approximate surface area is 184 Å². The fourth-order valence-electron chi connectivity index (χ4n) is 4.81. The molecule has 2 aliphatic heterocycles. The van der Waals surface area contributed by atoms with Gasteiger partial charge in [0.05, 0.1) is 34.3 Å². The number of aromatic nitrogens is 2. The minimum atomic E-state index is -0.471. The zero-order valence-corrected chi connectivity index (χ0v) is 19.3. The number of H-pyrrole nitrogens is 1. The molecular formula is C23H33BN4O3. The molecule has 2 aromatic rings. The lowest BCUT2D eigenvalue weighted by Gasteiger charge is -2.32. The van der Waals surface area contributed by atoms with Crippen LogP contribution in [0.15, 0.2) is 18.2 Å². The van der Waals surface area contributed by atoms with Gasteiger partial charge in [-0.25, -0.2) is 4.98 Å². The Balaban J connectivity index is 1.42. The molecule has 3 heterocycles. The van der Waals surface area contributed by atoms with E-state index in [0.717, 1.165) is 35.2 Å². The number of likely N-dealkylation sites (tertiary alicyclic amines) is 1. The van der Waals surface area contributed by atoms with Crippen LogP contribution in [0, 0.1) is 11.8 Å². The summed E-state index contributed by atoms with van der Waals surface area (Å²) in [7, 11) is -0.414. The van der Waals surface area contributed by atoms with Crippen molar-refractivity contribution >= 4 is 29.5 Å². The molecule has 1 aromatic carbocycles. The van der Waals surface area contributed by atoms with Crippen molar-refractivity contribution in [3.8, 4) is 0 Å². The number of carbonyl (C=O) groups is 1. The van der Waals surface area contributed by atoms with Gasteiger partial charge in [0.2, 0.25) is 5.91 Å². The van der Waals surface area contributed by atoms with E-state index in [1.54, 1.807) is 0 Å². The van der Waals surface area contributed by atoms with Gasteiger partial charge in [0.1, 0.15) is 5.82 Å². The Morgan fingerprint density at radius 1 is 1.23 bits per heavy atom. The second kappa shape index (κ2) is 6.80. The lowest BCUT2D eigenvalue weighted by atomic mass is 9.79. The van der Waals surface area contributed by atoms with Crippen molar-refractivity contribution in [3.05, 3.63) is 24.0 Å². The Morgan fingerprint density at radius 2 is 1.90 bits per heavy atom. The zero-order valence-electron chi connectivity index (χ0n) is 19.3. The molecule has 2 saturated heterocycles. The highest BCUT2D eigenvalue weighted by Gasteiger charge is 2.56. The number of hydrogen-bond donors (Lipinski definition) is 2. The number of piperidine rings is 1. The van der Waals surface area contributed by atoms with Gasteiger partial charge < -0.3 is 24.9 Å².